The third kappa shape index (κ3) is 8.16. The second kappa shape index (κ2) is 12.8. The molecular formula is C20H32Cl3N3O. The first-order chi connectivity index (χ1) is 12.2. The number of halogens is 3. The molecule has 0 spiro atoms. The summed E-state index contributed by atoms with van der Waals surface area (Å²) in [7, 11) is 0. The number of amides is 1. The number of hydrogen-bond acceptors (Lipinski definition) is 3. The Kier molecular flexibility index (Phi) is 11.7. The molecule has 2 fully saturated rings. The number of carbonyl (C=O) groups is 1. The highest BCUT2D eigenvalue weighted by atomic mass is 35.5. The lowest BCUT2D eigenvalue weighted by Gasteiger charge is -2.32. The normalized spacial score (nSPS) is 20.6. The van der Waals surface area contributed by atoms with Crippen molar-refractivity contribution >= 4 is 42.3 Å². The van der Waals surface area contributed by atoms with Gasteiger partial charge in [-0.25, -0.2) is 0 Å². The second-order valence-electron chi connectivity index (χ2n) is 7.51. The molecule has 4 nitrogen and oxygen atoms in total. The highest BCUT2D eigenvalue weighted by Crippen LogP contribution is 2.22. The topological polar surface area (TPSA) is 44.4 Å². The van der Waals surface area contributed by atoms with Gasteiger partial charge in [0.15, 0.2) is 0 Å². The quantitative estimate of drug-likeness (QED) is 0.681. The van der Waals surface area contributed by atoms with Crippen molar-refractivity contribution in [1.29, 1.82) is 0 Å². The maximum atomic E-state index is 12.0. The lowest BCUT2D eigenvalue weighted by molar-refractivity contribution is -0.121. The zero-order chi connectivity index (χ0) is 17.5. The van der Waals surface area contributed by atoms with Crippen molar-refractivity contribution < 1.29 is 4.79 Å². The Bertz CT molecular complexity index is 559. The molecule has 2 N–H and O–H groups in total. The summed E-state index contributed by atoms with van der Waals surface area (Å²) in [6, 6.07) is 8.09. The summed E-state index contributed by atoms with van der Waals surface area (Å²) in [6.07, 6.45) is 5.22. The monoisotopic (exact) mass is 435 g/mol. The van der Waals surface area contributed by atoms with Crippen LogP contribution in [0.5, 0.6) is 0 Å². The molecule has 0 aromatic heterocycles. The minimum Gasteiger partial charge on any atom is -0.356 e. The summed E-state index contributed by atoms with van der Waals surface area (Å²) in [5, 5.41) is 7.37. The van der Waals surface area contributed by atoms with Gasteiger partial charge in [0, 0.05) is 24.5 Å². The van der Waals surface area contributed by atoms with Gasteiger partial charge in [-0.05, 0) is 75.3 Å². The van der Waals surface area contributed by atoms with Crippen LogP contribution in [0.1, 0.15) is 37.7 Å². The van der Waals surface area contributed by atoms with E-state index in [0.717, 1.165) is 63.6 Å². The summed E-state index contributed by atoms with van der Waals surface area (Å²) < 4.78 is 0. The largest absolute Gasteiger partial charge is 0.356 e. The molecule has 1 amide bonds. The van der Waals surface area contributed by atoms with Gasteiger partial charge in [-0.3, -0.25) is 9.69 Å². The van der Waals surface area contributed by atoms with Crippen molar-refractivity contribution in [2.75, 3.05) is 32.7 Å². The Hall–Kier alpha value is -0.520. The molecule has 27 heavy (non-hydrogen) atoms. The van der Waals surface area contributed by atoms with E-state index in [0.29, 0.717) is 18.3 Å². The van der Waals surface area contributed by atoms with E-state index in [2.05, 4.69) is 21.6 Å². The van der Waals surface area contributed by atoms with Gasteiger partial charge in [-0.15, -0.1) is 24.8 Å². The van der Waals surface area contributed by atoms with Gasteiger partial charge in [0.1, 0.15) is 0 Å². The predicted molar refractivity (Wildman–Crippen MR) is 117 cm³/mol. The molecule has 0 aliphatic carbocycles. The summed E-state index contributed by atoms with van der Waals surface area (Å²) in [5.74, 6) is 1.53. The lowest BCUT2D eigenvalue weighted by atomic mass is 9.96. The zero-order valence-electron chi connectivity index (χ0n) is 15.8. The van der Waals surface area contributed by atoms with E-state index in [9.17, 15) is 4.79 Å². The highest BCUT2D eigenvalue weighted by molar-refractivity contribution is 6.31. The van der Waals surface area contributed by atoms with E-state index in [4.69, 9.17) is 11.6 Å². The van der Waals surface area contributed by atoms with E-state index >= 15 is 0 Å². The Balaban J connectivity index is 0.00000182. The molecule has 3 rings (SSSR count). The van der Waals surface area contributed by atoms with Crippen LogP contribution in [0.4, 0.5) is 0 Å². The van der Waals surface area contributed by atoms with Crippen LogP contribution in [-0.4, -0.2) is 43.5 Å². The highest BCUT2D eigenvalue weighted by Gasteiger charge is 2.21. The molecular weight excluding hydrogens is 405 g/mol. The number of piperidine rings is 1. The van der Waals surface area contributed by atoms with Crippen LogP contribution in [-0.2, 0) is 11.3 Å². The third-order valence-corrected chi connectivity index (χ3v) is 5.96. The average molecular weight is 437 g/mol. The number of hydrogen-bond donors (Lipinski definition) is 2. The van der Waals surface area contributed by atoms with Gasteiger partial charge in [-0.1, -0.05) is 29.8 Å². The SMILES string of the molecule is Cl.Cl.O=C(CCC1CCNC1)NCC1CCN(Cc2ccccc2Cl)CC1. The molecule has 0 radical (unpaired) electrons. The van der Waals surface area contributed by atoms with Crippen LogP contribution in [0.25, 0.3) is 0 Å². The Morgan fingerprint density at radius 1 is 1.15 bits per heavy atom. The van der Waals surface area contributed by atoms with E-state index < -0.39 is 0 Å². The Morgan fingerprint density at radius 2 is 1.89 bits per heavy atom. The number of rotatable bonds is 7. The van der Waals surface area contributed by atoms with Crippen LogP contribution in [0.15, 0.2) is 24.3 Å². The minimum atomic E-state index is 0. The Labute approximate surface area is 180 Å². The van der Waals surface area contributed by atoms with Gasteiger partial charge in [0.2, 0.25) is 5.91 Å². The first kappa shape index (κ1) is 24.5. The standard InChI is InChI=1S/C20H30ClN3O.2ClH/c21-19-4-2-1-3-18(19)15-24-11-8-17(9-12-24)14-23-20(25)6-5-16-7-10-22-13-16;;/h1-4,16-17,22H,5-15H2,(H,23,25);2*1H. The molecule has 1 aromatic carbocycles. The van der Waals surface area contributed by atoms with Gasteiger partial charge in [-0.2, -0.15) is 0 Å². The maximum Gasteiger partial charge on any atom is 0.220 e. The number of nitrogens with zero attached hydrogens (tertiary/aromatic N) is 1. The molecule has 0 bridgehead atoms. The summed E-state index contributed by atoms with van der Waals surface area (Å²) in [5.41, 5.74) is 1.21. The average Bonchev–Trinajstić information content (AvgIpc) is 3.15. The minimum absolute atomic E-state index is 0. The maximum absolute atomic E-state index is 12.0. The summed E-state index contributed by atoms with van der Waals surface area (Å²) in [4.78, 5) is 14.5. The van der Waals surface area contributed by atoms with Crippen molar-refractivity contribution in [1.82, 2.24) is 15.5 Å². The molecule has 154 valence electrons. The molecule has 2 aliphatic rings. The van der Waals surface area contributed by atoms with Gasteiger partial charge >= 0.3 is 0 Å². The fourth-order valence-corrected chi connectivity index (χ4v) is 4.05. The predicted octanol–water partition coefficient (Wildman–Crippen LogP) is 3.90. The van der Waals surface area contributed by atoms with Crippen LogP contribution in [0.3, 0.4) is 0 Å². The molecule has 1 unspecified atom stereocenters. The van der Waals surface area contributed by atoms with E-state index in [-0.39, 0.29) is 30.7 Å². The van der Waals surface area contributed by atoms with Crippen LogP contribution in [0, 0.1) is 11.8 Å². The van der Waals surface area contributed by atoms with Crippen molar-refractivity contribution in [2.45, 2.75) is 38.6 Å². The van der Waals surface area contributed by atoms with E-state index in [1.165, 1.54) is 12.0 Å². The first-order valence-electron chi connectivity index (χ1n) is 9.64. The molecule has 1 atom stereocenters. The van der Waals surface area contributed by atoms with Crippen molar-refractivity contribution in [2.24, 2.45) is 11.8 Å². The first-order valence-corrected chi connectivity index (χ1v) is 10.0. The molecule has 2 heterocycles. The van der Waals surface area contributed by atoms with Crippen LogP contribution in [0.2, 0.25) is 5.02 Å². The molecule has 7 heteroatoms. The smallest absolute Gasteiger partial charge is 0.220 e. The van der Waals surface area contributed by atoms with E-state index in [1.54, 1.807) is 0 Å². The summed E-state index contributed by atoms with van der Waals surface area (Å²) in [6.45, 7) is 6.12. The number of nitrogens with one attached hydrogen (secondary N) is 2. The van der Waals surface area contributed by atoms with Crippen molar-refractivity contribution in [3.63, 3.8) is 0 Å². The molecule has 2 saturated heterocycles. The van der Waals surface area contributed by atoms with Gasteiger partial charge in [0.25, 0.3) is 0 Å². The van der Waals surface area contributed by atoms with Crippen LogP contribution >= 0.6 is 36.4 Å². The Morgan fingerprint density at radius 3 is 2.56 bits per heavy atom. The number of carbonyl (C=O) groups excluding carboxylic acids is 1. The van der Waals surface area contributed by atoms with Crippen molar-refractivity contribution in [3.8, 4) is 0 Å². The summed E-state index contributed by atoms with van der Waals surface area (Å²) >= 11 is 6.26. The zero-order valence-corrected chi connectivity index (χ0v) is 18.2. The number of likely N-dealkylation sites (tertiary alicyclic amines) is 1. The third-order valence-electron chi connectivity index (χ3n) is 5.59. The second-order valence-corrected chi connectivity index (χ2v) is 7.92. The van der Waals surface area contributed by atoms with E-state index in [1.807, 2.05) is 18.2 Å². The molecule has 1 aromatic rings. The fourth-order valence-electron chi connectivity index (χ4n) is 3.86. The van der Waals surface area contributed by atoms with Crippen LogP contribution < -0.4 is 10.6 Å². The van der Waals surface area contributed by atoms with Gasteiger partial charge in [0.05, 0.1) is 0 Å². The lowest BCUT2D eigenvalue weighted by Crippen LogP contribution is -2.38. The van der Waals surface area contributed by atoms with Gasteiger partial charge < -0.3 is 10.6 Å². The van der Waals surface area contributed by atoms with Crippen molar-refractivity contribution in [3.05, 3.63) is 34.9 Å². The molecule has 0 saturated carbocycles. The molecule has 2 aliphatic heterocycles. The number of benzene rings is 1. The fraction of sp³-hybridized carbons (Fsp3) is 0.650.